The number of benzene rings is 1. The Morgan fingerprint density at radius 1 is 0.962 bits per heavy atom. The molecule has 0 aliphatic heterocycles. The lowest BCUT2D eigenvalue weighted by atomic mass is 10.1. The summed E-state index contributed by atoms with van der Waals surface area (Å²) in [6.45, 7) is 9.09. The molecule has 0 aliphatic rings. The zero-order valence-electron chi connectivity index (χ0n) is 16.5. The monoisotopic (exact) mass is 477 g/mol. The van der Waals surface area contributed by atoms with Crippen LogP contribution in [0, 0.1) is 5.92 Å². The van der Waals surface area contributed by atoms with Crippen LogP contribution in [0.1, 0.15) is 38.7 Å². The molecule has 0 spiro atoms. The molecule has 0 aliphatic carbocycles. The number of rotatable bonds is 13. The van der Waals surface area contributed by atoms with Crippen molar-refractivity contribution in [3.63, 3.8) is 0 Å². The first-order valence-corrected chi connectivity index (χ1v) is 9.36. The van der Waals surface area contributed by atoms with Crippen LogP contribution in [0.3, 0.4) is 0 Å². The van der Waals surface area contributed by atoms with E-state index in [1.807, 2.05) is 18.2 Å². The normalized spacial score (nSPS) is 11.3. The standard InChI is InChI=1S/C20H35N3O2.HI/c1-18(2)11-15-24-16-13-23-20(21-3)22-12-7-8-14-25-17-19-9-5-4-6-10-19;/h4-6,9-10,18H,7-8,11-17H2,1-3H3,(H2,21,22,23);1H. The molecule has 0 radical (unpaired) electrons. The van der Waals surface area contributed by atoms with Gasteiger partial charge in [0.25, 0.3) is 0 Å². The number of hydrogen-bond acceptors (Lipinski definition) is 3. The Kier molecular flexibility index (Phi) is 17.0. The van der Waals surface area contributed by atoms with Crippen LogP contribution in [0.25, 0.3) is 0 Å². The molecule has 0 fully saturated rings. The second-order valence-corrected chi connectivity index (χ2v) is 6.47. The summed E-state index contributed by atoms with van der Waals surface area (Å²) in [6.07, 6.45) is 3.20. The predicted molar refractivity (Wildman–Crippen MR) is 120 cm³/mol. The summed E-state index contributed by atoms with van der Waals surface area (Å²) in [5.74, 6) is 1.52. The van der Waals surface area contributed by atoms with E-state index < -0.39 is 0 Å². The fourth-order valence-electron chi connectivity index (χ4n) is 2.18. The van der Waals surface area contributed by atoms with E-state index >= 15 is 0 Å². The summed E-state index contributed by atoms with van der Waals surface area (Å²) in [6, 6.07) is 10.3. The molecule has 0 bridgehead atoms. The van der Waals surface area contributed by atoms with Crippen LogP contribution in [-0.4, -0.2) is 45.9 Å². The Morgan fingerprint density at radius 2 is 1.69 bits per heavy atom. The summed E-state index contributed by atoms with van der Waals surface area (Å²) >= 11 is 0. The van der Waals surface area contributed by atoms with Gasteiger partial charge in [0.05, 0.1) is 13.2 Å². The summed E-state index contributed by atoms with van der Waals surface area (Å²) < 4.78 is 11.3. The Bertz CT molecular complexity index is 456. The first-order chi connectivity index (χ1) is 12.2. The number of halogens is 1. The molecule has 0 atom stereocenters. The molecule has 5 nitrogen and oxygen atoms in total. The van der Waals surface area contributed by atoms with Crippen LogP contribution in [0.4, 0.5) is 0 Å². The number of aliphatic imine (C=N–C) groups is 1. The number of guanidine groups is 1. The maximum Gasteiger partial charge on any atom is 0.191 e. The van der Waals surface area contributed by atoms with Crippen molar-refractivity contribution in [1.82, 2.24) is 10.6 Å². The molecule has 1 aromatic rings. The Balaban J connectivity index is 0.00000625. The van der Waals surface area contributed by atoms with Gasteiger partial charge in [-0.1, -0.05) is 44.2 Å². The van der Waals surface area contributed by atoms with Gasteiger partial charge in [-0.05, 0) is 30.7 Å². The highest BCUT2D eigenvalue weighted by molar-refractivity contribution is 14.0. The maximum absolute atomic E-state index is 5.68. The van der Waals surface area contributed by atoms with Gasteiger partial charge in [0, 0.05) is 33.4 Å². The molecular weight excluding hydrogens is 441 g/mol. The third-order valence-corrected chi connectivity index (χ3v) is 3.72. The second kappa shape index (κ2) is 17.5. The molecule has 150 valence electrons. The minimum Gasteiger partial charge on any atom is -0.380 e. The van der Waals surface area contributed by atoms with Crippen molar-refractivity contribution in [2.24, 2.45) is 10.9 Å². The Morgan fingerprint density at radius 3 is 2.38 bits per heavy atom. The summed E-state index contributed by atoms with van der Waals surface area (Å²) in [5, 5.41) is 6.58. The third kappa shape index (κ3) is 14.3. The van der Waals surface area contributed by atoms with Gasteiger partial charge in [-0.25, -0.2) is 0 Å². The van der Waals surface area contributed by atoms with E-state index in [0.717, 1.165) is 51.5 Å². The number of ether oxygens (including phenoxy) is 2. The molecule has 0 saturated carbocycles. The number of nitrogens with one attached hydrogen (secondary N) is 2. The van der Waals surface area contributed by atoms with Gasteiger partial charge in [0.1, 0.15) is 0 Å². The van der Waals surface area contributed by atoms with Crippen LogP contribution in [0.2, 0.25) is 0 Å². The minimum absolute atomic E-state index is 0. The fraction of sp³-hybridized carbons (Fsp3) is 0.650. The highest BCUT2D eigenvalue weighted by Crippen LogP contribution is 2.01. The lowest BCUT2D eigenvalue weighted by Crippen LogP contribution is -2.39. The molecule has 1 aromatic carbocycles. The first-order valence-electron chi connectivity index (χ1n) is 9.36. The van der Waals surface area contributed by atoms with Crippen molar-refractivity contribution in [2.45, 2.75) is 39.7 Å². The third-order valence-electron chi connectivity index (χ3n) is 3.72. The van der Waals surface area contributed by atoms with E-state index in [9.17, 15) is 0 Å². The van der Waals surface area contributed by atoms with Gasteiger partial charge in [-0.2, -0.15) is 0 Å². The number of nitrogens with zero attached hydrogens (tertiary/aromatic N) is 1. The Hall–Kier alpha value is -0.860. The fourth-order valence-corrected chi connectivity index (χ4v) is 2.18. The van der Waals surface area contributed by atoms with Gasteiger partial charge in [-0.3, -0.25) is 4.99 Å². The zero-order valence-corrected chi connectivity index (χ0v) is 18.8. The van der Waals surface area contributed by atoms with Crippen molar-refractivity contribution in [1.29, 1.82) is 0 Å². The van der Waals surface area contributed by atoms with E-state index in [2.05, 4.69) is 41.6 Å². The van der Waals surface area contributed by atoms with Crippen molar-refractivity contribution in [3.05, 3.63) is 35.9 Å². The topological polar surface area (TPSA) is 54.9 Å². The maximum atomic E-state index is 5.68. The SMILES string of the molecule is CN=C(NCCCCOCc1ccccc1)NCCOCCC(C)C.I. The van der Waals surface area contributed by atoms with Crippen LogP contribution in [0.5, 0.6) is 0 Å². The molecule has 26 heavy (non-hydrogen) atoms. The van der Waals surface area contributed by atoms with Crippen molar-refractivity contribution in [2.75, 3.05) is 40.0 Å². The van der Waals surface area contributed by atoms with Crippen molar-refractivity contribution >= 4 is 29.9 Å². The van der Waals surface area contributed by atoms with Gasteiger partial charge in [-0.15, -0.1) is 24.0 Å². The molecule has 0 aromatic heterocycles. The molecule has 2 N–H and O–H groups in total. The average molecular weight is 477 g/mol. The first kappa shape index (κ1) is 25.1. The largest absolute Gasteiger partial charge is 0.380 e. The highest BCUT2D eigenvalue weighted by atomic mass is 127. The van der Waals surface area contributed by atoms with E-state index in [1.165, 1.54) is 5.56 Å². The van der Waals surface area contributed by atoms with E-state index in [0.29, 0.717) is 19.1 Å². The van der Waals surface area contributed by atoms with Gasteiger partial charge in [0.2, 0.25) is 0 Å². The summed E-state index contributed by atoms with van der Waals surface area (Å²) in [7, 11) is 1.79. The lowest BCUT2D eigenvalue weighted by molar-refractivity contribution is 0.117. The summed E-state index contributed by atoms with van der Waals surface area (Å²) in [5.41, 5.74) is 1.22. The minimum atomic E-state index is 0. The van der Waals surface area contributed by atoms with E-state index in [-0.39, 0.29) is 24.0 Å². The van der Waals surface area contributed by atoms with Crippen LogP contribution < -0.4 is 10.6 Å². The average Bonchev–Trinajstić information content (AvgIpc) is 2.62. The van der Waals surface area contributed by atoms with Gasteiger partial charge >= 0.3 is 0 Å². The highest BCUT2D eigenvalue weighted by Gasteiger charge is 1.98. The molecule has 0 saturated heterocycles. The van der Waals surface area contributed by atoms with Crippen LogP contribution >= 0.6 is 24.0 Å². The van der Waals surface area contributed by atoms with Gasteiger partial charge < -0.3 is 20.1 Å². The van der Waals surface area contributed by atoms with Gasteiger partial charge in [0.15, 0.2) is 5.96 Å². The molecule has 6 heteroatoms. The number of hydrogen-bond donors (Lipinski definition) is 2. The second-order valence-electron chi connectivity index (χ2n) is 6.47. The number of unbranched alkanes of at least 4 members (excludes halogenated alkanes) is 1. The molecule has 0 heterocycles. The van der Waals surface area contributed by atoms with E-state index in [1.54, 1.807) is 7.05 Å². The smallest absolute Gasteiger partial charge is 0.191 e. The summed E-state index contributed by atoms with van der Waals surface area (Å²) in [4.78, 5) is 4.22. The lowest BCUT2D eigenvalue weighted by Gasteiger charge is -2.12. The predicted octanol–water partition coefficient (Wildman–Crippen LogP) is 3.83. The Labute approximate surface area is 176 Å². The molecule has 0 unspecified atom stereocenters. The van der Waals surface area contributed by atoms with E-state index in [4.69, 9.17) is 9.47 Å². The molecule has 1 rings (SSSR count). The quantitative estimate of drug-likeness (QED) is 0.196. The molecule has 0 amide bonds. The van der Waals surface area contributed by atoms with Crippen LogP contribution in [-0.2, 0) is 16.1 Å². The molecular formula is C20H36IN3O2. The van der Waals surface area contributed by atoms with Crippen molar-refractivity contribution < 1.29 is 9.47 Å². The van der Waals surface area contributed by atoms with Crippen molar-refractivity contribution in [3.8, 4) is 0 Å². The van der Waals surface area contributed by atoms with Crippen LogP contribution in [0.15, 0.2) is 35.3 Å². The zero-order chi connectivity index (χ0) is 18.2.